The Labute approximate surface area is 102 Å². The Bertz CT molecular complexity index is 336. The maximum atomic E-state index is 5.81. The van der Waals surface area contributed by atoms with E-state index in [9.17, 15) is 0 Å². The van der Waals surface area contributed by atoms with Crippen molar-refractivity contribution < 1.29 is 0 Å². The number of nitrogens with zero attached hydrogens (tertiary/aromatic N) is 1. The fourth-order valence-electron chi connectivity index (χ4n) is 2.53. The summed E-state index contributed by atoms with van der Waals surface area (Å²) in [6.45, 7) is 4.66. The topological polar surface area (TPSA) is 24.9 Å². The fourth-order valence-corrected chi connectivity index (χ4v) is 2.64. The van der Waals surface area contributed by atoms with Crippen LogP contribution in [0.25, 0.3) is 0 Å². The molecule has 1 aliphatic rings. The lowest BCUT2D eigenvalue weighted by Crippen LogP contribution is -2.33. The second kappa shape index (κ2) is 5.05. The zero-order chi connectivity index (χ0) is 11.5. The van der Waals surface area contributed by atoms with Gasteiger partial charge in [0.1, 0.15) is 5.82 Å². The molecule has 0 bridgehead atoms. The van der Waals surface area contributed by atoms with Gasteiger partial charge in [0.2, 0.25) is 0 Å². The van der Waals surface area contributed by atoms with Crippen molar-refractivity contribution >= 4 is 17.4 Å². The molecular weight excluding hydrogens is 220 g/mol. The molecule has 1 saturated carbocycles. The fraction of sp³-hybridized carbons (Fsp3) is 0.615. The summed E-state index contributed by atoms with van der Waals surface area (Å²) in [6.07, 6.45) is 5.56. The molecule has 88 valence electrons. The summed E-state index contributed by atoms with van der Waals surface area (Å²) in [5, 5.41) is 4.20. The van der Waals surface area contributed by atoms with Crippen LogP contribution >= 0.6 is 11.6 Å². The molecule has 1 N–H and O–H groups in total. The predicted octanol–water partition coefficient (Wildman–Crippen LogP) is 3.97. The molecule has 0 spiro atoms. The third-order valence-electron chi connectivity index (χ3n) is 3.49. The van der Waals surface area contributed by atoms with E-state index in [1.165, 1.54) is 19.3 Å². The van der Waals surface area contributed by atoms with E-state index in [0.717, 1.165) is 17.7 Å². The van der Waals surface area contributed by atoms with Crippen molar-refractivity contribution in [2.45, 2.75) is 39.2 Å². The highest BCUT2D eigenvalue weighted by molar-refractivity contribution is 6.30. The van der Waals surface area contributed by atoms with Crippen molar-refractivity contribution in [1.82, 2.24) is 4.98 Å². The minimum absolute atomic E-state index is 0.560. The standard InChI is InChI=1S/C13H19ClN2/c1-9-3-5-12(10(2)7-9)16-13-6-4-11(14)8-15-13/h4,6,8-10,12H,3,5,7H2,1-2H3,(H,15,16). The summed E-state index contributed by atoms with van der Waals surface area (Å²) in [5.74, 6) is 2.53. The third-order valence-corrected chi connectivity index (χ3v) is 3.72. The number of nitrogens with one attached hydrogen (secondary N) is 1. The van der Waals surface area contributed by atoms with Gasteiger partial charge in [0.15, 0.2) is 0 Å². The molecule has 2 rings (SSSR count). The minimum atomic E-state index is 0.560. The summed E-state index contributed by atoms with van der Waals surface area (Å²) < 4.78 is 0. The van der Waals surface area contributed by atoms with E-state index in [4.69, 9.17) is 11.6 Å². The molecule has 0 aromatic carbocycles. The van der Waals surface area contributed by atoms with Gasteiger partial charge in [-0.25, -0.2) is 4.98 Å². The monoisotopic (exact) mass is 238 g/mol. The van der Waals surface area contributed by atoms with Crippen LogP contribution in [0.2, 0.25) is 5.02 Å². The summed E-state index contributed by atoms with van der Waals surface area (Å²) in [6, 6.07) is 4.39. The zero-order valence-electron chi connectivity index (χ0n) is 9.91. The third kappa shape index (κ3) is 2.88. The summed E-state index contributed by atoms with van der Waals surface area (Å²) in [7, 11) is 0. The van der Waals surface area contributed by atoms with Crippen LogP contribution in [-0.4, -0.2) is 11.0 Å². The molecule has 0 aliphatic heterocycles. The van der Waals surface area contributed by atoms with Crippen molar-refractivity contribution in [1.29, 1.82) is 0 Å². The van der Waals surface area contributed by atoms with Crippen molar-refractivity contribution in [3.05, 3.63) is 23.4 Å². The molecule has 3 heteroatoms. The summed E-state index contributed by atoms with van der Waals surface area (Å²) in [4.78, 5) is 4.28. The Morgan fingerprint density at radius 1 is 1.31 bits per heavy atom. The van der Waals surface area contributed by atoms with E-state index in [0.29, 0.717) is 11.1 Å². The Morgan fingerprint density at radius 3 is 2.75 bits per heavy atom. The SMILES string of the molecule is CC1CCC(Nc2ccc(Cl)cn2)C(C)C1. The minimum Gasteiger partial charge on any atom is -0.367 e. The molecule has 1 heterocycles. The number of hydrogen-bond donors (Lipinski definition) is 1. The molecule has 1 fully saturated rings. The number of hydrogen-bond acceptors (Lipinski definition) is 2. The van der Waals surface area contributed by atoms with E-state index < -0.39 is 0 Å². The van der Waals surface area contributed by atoms with Gasteiger partial charge in [-0.05, 0) is 43.2 Å². The van der Waals surface area contributed by atoms with Gasteiger partial charge in [0, 0.05) is 12.2 Å². The van der Waals surface area contributed by atoms with E-state index in [1.54, 1.807) is 6.20 Å². The van der Waals surface area contributed by atoms with Crippen LogP contribution in [0.5, 0.6) is 0 Å². The maximum Gasteiger partial charge on any atom is 0.126 e. The van der Waals surface area contributed by atoms with Crippen LogP contribution in [0.1, 0.15) is 33.1 Å². The lowest BCUT2D eigenvalue weighted by Gasteiger charge is -2.33. The van der Waals surface area contributed by atoms with Crippen LogP contribution < -0.4 is 5.32 Å². The second-order valence-electron chi connectivity index (χ2n) is 5.01. The van der Waals surface area contributed by atoms with Crippen LogP contribution in [0.3, 0.4) is 0 Å². The lowest BCUT2D eigenvalue weighted by molar-refractivity contribution is 0.276. The molecule has 0 saturated heterocycles. The average Bonchev–Trinajstić information content (AvgIpc) is 2.25. The first-order chi connectivity index (χ1) is 7.65. The Kier molecular flexibility index (Phi) is 3.70. The molecule has 0 radical (unpaired) electrons. The van der Waals surface area contributed by atoms with Crippen molar-refractivity contribution in [3.63, 3.8) is 0 Å². The van der Waals surface area contributed by atoms with Gasteiger partial charge < -0.3 is 5.32 Å². The van der Waals surface area contributed by atoms with Gasteiger partial charge >= 0.3 is 0 Å². The number of rotatable bonds is 2. The summed E-state index contributed by atoms with van der Waals surface area (Å²) in [5.41, 5.74) is 0. The van der Waals surface area contributed by atoms with Gasteiger partial charge in [0.05, 0.1) is 5.02 Å². The van der Waals surface area contributed by atoms with Crippen molar-refractivity contribution in [2.24, 2.45) is 11.8 Å². The number of anilines is 1. The van der Waals surface area contributed by atoms with Gasteiger partial charge in [-0.3, -0.25) is 0 Å². The van der Waals surface area contributed by atoms with E-state index in [-0.39, 0.29) is 0 Å². The van der Waals surface area contributed by atoms with Crippen LogP contribution in [0.15, 0.2) is 18.3 Å². The van der Waals surface area contributed by atoms with Gasteiger partial charge in [0.25, 0.3) is 0 Å². The first-order valence-corrected chi connectivity index (χ1v) is 6.41. The van der Waals surface area contributed by atoms with Crippen LogP contribution in [0, 0.1) is 11.8 Å². The maximum absolute atomic E-state index is 5.81. The molecular formula is C13H19ClN2. The van der Waals surface area contributed by atoms with Gasteiger partial charge in [-0.15, -0.1) is 0 Å². The summed E-state index contributed by atoms with van der Waals surface area (Å²) >= 11 is 5.81. The predicted molar refractivity (Wildman–Crippen MR) is 68.8 cm³/mol. The zero-order valence-corrected chi connectivity index (χ0v) is 10.7. The van der Waals surface area contributed by atoms with Crippen molar-refractivity contribution in [2.75, 3.05) is 5.32 Å². The van der Waals surface area contributed by atoms with E-state index in [1.807, 2.05) is 12.1 Å². The molecule has 3 atom stereocenters. The van der Waals surface area contributed by atoms with E-state index >= 15 is 0 Å². The van der Waals surface area contributed by atoms with Crippen LogP contribution in [0.4, 0.5) is 5.82 Å². The quantitative estimate of drug-likeness (QED) is 0.843. The Hall–Kier alpha value is -0.760. The highest BCUT2D eigenvalue weighted by Crippen LogP contribution is 2.30. The van der Waals surface area contributed by atoms with Gasteiger partial charge in [-0.2, -0.15) is 0 Å². The molecule has 0 amide bonds. The van der Waals surface area contributed by atoms with Crippen molar-refractivity contribution in [3.8, 4) is 0 Å². The highest BCUT2D eigenvalue weighted by Gasteiger charge is 2.25. The van der Waals surface area contributed by atoms with Gasteiger partial charge in [-0.1, -0.05) is 25.4 Å². The molecule has 2 nitrogen and oxygen atoms in total. The molecule has 1 aromatic heterocycles. The lowest BCUT2D eigenvalue weighted by atomic mass is 9.80. The second-order valence-corrected chi connectivity index (χ2v) is 5.44. The average molecular weight is 239 g/mol. The number of pyridine rings is 1. The first-order valence-electron chi connectivity index (χ1n) is 6.03. The number of aromatic nitrogens is 1. The largest absolute Gasteiger partial charge is 0.367 e. The van der Waals surface area contributed by atoms with E-state index in [2.05, 4.69) is 24.1 Å². The molecule has 3 unspecified atom stereocenters. The normalized spacial score (nSPS) is 30.1. The Balaban J connectivity index is 1.96. The van der Waals surface area contributed by atoms with Crippen LogP contribution in [-0.2, 0) is 0 Å². The highest BCUT2D eigenvalue weighted by atomic mass is 35.5. The smallest absolute Gasteiger partial charge is 0.126 e. The molecule has 1 aromatic rings. The number of halogens is 1. The molecule has 1 aliphatic carbocycles. The first kappa shape index (κ1) is 11.7. The molecule has 16 heavy (non-hydrogen) atoms. The Morgan fingerprint density at radius 2 is 2.12 bits per heavy atom.